The van der Waals surface area contributed by atoms with E-state index >= 15 is 0 Å². The third-order valence-electron chi connectivity index (χ3n) is 7.76. The number of carboxylic acid groups (broad SMARTS) is 1. The molecule has 1 atom stereocenters. The lowest BCUT2D eigenvalue weighted by Crippen LogP contribution is -2.42. The van der Waals surface area contributed by atoms with Gasteiger partial charge >= 0.3 is 11.9 Å². The first kappa shape index (κ1) is 34.3. The SMILES string of the molecule is CCOC(=O)CCc1cccc(C(C)(CCCC(C)(C)CS(=O)(=O)CCO[Si](C)(C)C(C)(C)C)C(=O)O)c1. The summed E-state index contributed by atoms with van der Waals surface area (Å²) in [7, 11) is -5.33. The van der Waals surface area contributed by atoms with Gasteiger partial charge in [-0.05, 0) is 67.8 Å². The molecule has 0 saturated heterocycles. The Kier molecular flexibility index (Phi) is 12.3. The van der Waals surface area contributed by atoms with E-state index in [1.165, 1.54) is 0 Å². The van der Waals surface area contributed by atoms with Gasteiger partial charge in [0.1, 0.15) is 0 Å². The minimum atomic E-state index is -3.32. The number of carboxylic acids is 1. The molecule has 1 aromatic carbocycles. The third kappa shape index (κ3) is 10.8. The van der Waals surface area contributed by atoms with Crippen LogP contribution in [0.2, 0.25) is 18.1 Å². The van der Waals surface area contributed by atoms with Gasteiger partial charge in [0.2, 0.25) is 0 Å². The number of benzene rings is 1. The highest BCUT2D eigenvalue weighted by atomic mass is 32.2. The van der Waals surface area contributed by atoms with Gasteiger partial charge in [-0.15, -0.1) is 0 Å². The zero-order chi connectivity index (χ0) is 29.4. The van der Waals surface area contributed by atoms with Crippen LogP contribution in [0.1, 0.15) is 85.3 Å². The molecule has 1 aromatic rings. The van der Waals surface area contributed by atoms with E-state index in [1.807, 2.05) is 32.0 Å². The molecule has 0 fully saturated rings. The molecule has 0 aliphatic carbocycles. The standard InChI is InChI=1S/C29H50O7SSi/c1-10-35-25(30)16-15-23-13-11-14-24(21-23)29(7,26(31)32)18-12-17-28(5,6)22-37(33,34)20-19-36-38(8,9)27(2,3)4/h11,13-14,21H,10,12,15-20,22H2,1-9H3,(H,31,32). The summed E-state index contributed by atoms with van der Waals surface area (Å²) in [6.07, 6.45) is 2.25. The van der Waals surface area contributed by atoms with Crippen LogP contribution in [-0.2, 0) is 40.4 Å². The maximum absolute atomic E-state index is 12.9. The minimum Gasteiger partial charge on any atom is -0.481 e. The van der Waals surface area contributed by atoms with Crippen molar-refractivity contribution in [2.45, 2.75) is 104 Å². The van der Waals surface area contributed by atoms with Crippen molar-refractivity contribution in [3.63, 3.8) is 0 Å². The van der Waals surface area contributed by atoms with Crippen LogP contribution in [0.25, 0.3) is 0 Å². The van der Waals surface area contributed by atoms with Gasteiger partial charge in [0.25, 0.3) is 0 Å². The van der Waals surface area contributed by atoms with Gasteiger partial charge in [-0.1, -0.05) is 65.3 Å². The maximum atomic E-state index is 12.9. The fraction of sp³-hybridized carbons (Fsp3) is 0.724. The van der Waals surface area contributed by atoms with E-state index in [0.717, 1.165) is 5.56 Å². The van der Waals surface area contributed by atoms with Crippen LogP contribution in [0.3, 0.4) is 0 Å². The number of carbonyl (C=O) groups is 2. The zero-order valence-corrected chi connectivity index (χ0v) is 26.8. The highest BCUT2D eigenvalue weighted by molar-refractivity contribution is 7.91. The molecule has 38 heavy (non-hydrogen) atoms. The highest BCUT2D eigenvalue weighted by Gasteiger charge is 2.38. The van der Waals surface area contributed by atoms with E-state index in [2.05, 4.69) is 33.9 Å². The van der Waals surface area contributed by atoms with Crippen LogP contribution >= 0.6 is 0 Å². The second-order valence-electron chi connectivity index (χ2n) is 12.9. The molecular formula is C29H50O7SSi. The fourth-order valence-electron chi connectivity index (χ4n) is 4.22. The monoisotopic (exact) mass is 570 g/mol. The number of ether oxygens (including phenoxy) is 1. The average Bonchev–Trinajstić information content (AvgIpc) is 2.75. The number of hydrogen-bond donors (Lipinski definition) is 1. The van der Waals surface area contributed by atoms with Crippen LogP contribution in [0.5, 0.6) is 0 Å². The van der Waals surface area contributed by atoms with Crippen molar-refractivity contribution < 1.29 is 32.3 Å². The lowest BCUT2D eigenvalue weighted by atomic mass is 9.76. The number of rotatable bonds is 16. The molecule has 0 bridgehead atoms. The van der Waals surface area contributed by atoms with E-state index < -0.39 is 35.0 Å². The number of sulfone groups is 1. The average molecular weight is 571 g/mol. The normalized spacial score (nSPS) is 14.7. The molecule has 0 spiro atoms. The quantitative estimate of drug-likeness (QED) is 0.187. The van der Waals surface area contributed by atoms with Crippen molar-refractivity contribution in [2.75, 3.05) is 24.7 Å². The predicted molar refractivity (Wildman–Crippen MR) is 156 cm³/mol. The van der Waals surface area contributed by atoms with Crippen molar-refractivity contribution in [3.8, 4) is 0 Å². The Morgan fingerprint density at radius 3 is 2.21 bits per heavy atom. The smallest absolute Gasteiger partial charge is 0.313 e. The summed E-state index contributed by atoms with van der Waals surface area (Å²) in [5, 5.41) is 10.1. The number of aliphatic carboxylic acids is 1. The van der Waals surface area contributed by atoms with Crippen LogP contribution in [0.15, 0.2) is 24.3 Å². The molecule has 1 rings (SSSR count). The fourth-order valence-corrected chi connectivity index (χ4v) is 7.23. The Labute approximate surface area is 231 Å². The predicted octanol–water partition coefficient (Wildman–Crippen LogP) is 6.16. The van der Waals surface area contributed by atoms with Crippen molar-refractivity contribution in [2.24, 2.45) is 5.41 Å². The summed E-state index contributed by atoms with van der Waals surface area (Å²) in [5.74, 6) is -1.17. The first-order valence-corrected chi connectivity index (χ1v) is 18.3. The molecule has 0 heterocycles. The Bertz CT molecular complexity index is 1040. The molecule has 9 heteroatoms. The van der Waals surface area contributed by atoms with Gasteiger partial charge in [0.05, 0.1) is 23.5 Å². The second kappa shape index (κ2) is 13.6. The van der Waals surface area contributed by atoms with Gasteiger partial charge in [0, 0.05) is 13.0 Å². The second-order valence-corrected chi connectivity index (χ2v) is 19.9. The summed E-state index contributed by atoms with van der Waals surface area (Å²) < 4.78 is 36.8. The van der Waals surface area contributed by atoms with E-state index in [-0.39, 0.29) is 35.5 Å². The number of carbonyl (C=O) groups excluding carboxylic acids is 1. The van der Waals surface area contributed by atoms with Crippen molar-refractivity contribution >= 4 is 30.1 Å². The summed E-state index contributed by atoms with van der Waals surface area (Å²) in [6.45, 7) is 18.5. The molecule has 7 nitrogen and oxygen atoms in total. The summed E-state index contributed by atoms with van der Waals surface area (Å²) in [5.41, 5.74) is -0.0447. The van der Waals surface area contributed by atoms with Crippen LogP contribution in [0, 0.1) is 5.41 Å². The molecule has 1 N–H and O–H groups in total. The molecule has 1 unspecified atom stereocenters. The van der Waals surface area contributed by atoms with E-state index in [9.17, 15) is 23.1 Å². The van der Waals surface area contributed by atoms with Crippen LogP contribution in [0.4, 0.5) is 0 Å². The topological polar surface area (TPSA) is 107 Å². The Morgan fingerprint density at radius 2 is 1.66 bits per heavy atom. The molecule has 218 valence electrons. The lowest BCUT2D eigenvalue weighted by molar-refractivity contribution is -0.144. The Morgan fingerprint density at radius 1 is 1.03 bits per heavy atom. The first-order valence-electron chi connectivity index (χ1n) is 13.6. The summed E-state index contributed by atoms with van der Waals surface area (Å²) in [4.78, 5) is 24.1. The van der Waals surface area contributed by atoms with E-state index in [4.69, 9.17) is 9.16 Å². The Hall–Kier alpha value is -1.71. The largest absolute Gasteiger partial charge is 0.481 e. The number of hydrogen-bond acceptors (Lipinski definition) is 6. The number of aryl methyl sites for hydroxylation is 1. The van der Waals surface area contributed by atoms with Crippen LogP contribution in [-0.4, -0.2) is 58.5 Å². The molecule has 0 saturated carbocycles. The lowest BCUT2D eigenvalue weighted by Gasteiger charge is -2.36. The minimum absolute atomic E-state index is 0.00558. The van der Waals surface area contributed by atoms with Gasteiger partial charge < -0.3 is 14.3 Å². The summed E-state index contributed by atoms with van der Waals surface area (Å²) in [6, 6.07) is 7.36. The van der Waals surface area contributed by atoms with Gasteiger partial charge in [-0.2, -0.15) is 0 Å². The zero-order valence-electron chi connectivity index (χ0n) is 25.0. The molecular weight excluding hydrogens is 520 g/mol. The van der Waals surface area contributed by atoms with Gasteiger partial charge in [0.15, 0.2) is 18.2 Å². The molecule has 0 radical (unpaired) electrons. The van der Waals surface area contributed by atoms with Crippen molar-refractivity contribution in [1.29, 1.82) is 0 Å². The highest BCUT2D eigenvalue weighted by Crippen LogP contribution is 2.37. The van der Waals surface area contributed by atoms with Crippen molar-refractivity contribution in [3.05, 3.63) is 35.4 Å². The maximum Gasteiger partial charge on any atom is 0.313 e. The van der Waals surface area contributed by atoms with Gasteiger partial charge in [-0.3, -0.25) is 9.59 Å². The summed E-state index contributed by atoms with van der Waals surface area (Å²) >= 11 is 0. The molecule has 0 aliphatic heterocycles. The van der Waals surface area contributed by atoms with Crippen LogP contribution < -0.4 is 0 Å². The third-order valence-corrected chi connectivity index (χ3v) is 14.3. The molecule has 0 aromatic heterocycles. The molecule has 0 aliphatic rings. The number of esters is 1. The molecule has 0 amide bonds. The first-order chi connectivity index (χ1) is 17.2. The van der Waals surface area contributed by atoms with Gasteiger partial charge in [-0.25, -0.2) is 8.42 Å². The van der Waals surface area contributed by atoms with E-state index in [0.29, 0.717) is 37.9 Å². The Balaban J connectivity index is 2.79. The van der Waals surface area contributed by atoms with E-state index in [1.54, 1.807) is 19.9 Å². The van der Waals surface area contributed by atoms with Crippen molar-refractivity contribution in [1.82, 2.24) is 0 Å².